The van der Waals surface area contributed by atoms with E-state index in [4.69, 9.17) is 4.74 Å². The lowest BCUT2D eigenvalue weighted by Gasteiger charge is -2.16. The molecule has 1 saturated heterocycles. The average Bonchev–Trinajstić information content (AvgIpc) is 3.51. The zero-order valence-electron chi connectivity index (χ0n) is 17.9. The fraction of sp³-hybridized carbons (Fsp3) is 0.417. The van der Waals surface area contributed by atoms with Crippen molar-refractivity contribution in [3.05, 3.63) is 48.3 Å². The van der Waals surface area contributed by atoms with Crippen LogP contribution in [-0.4, -0.2) is 54.8 Å². The SMILES string of the molecule is C=C(c1nc(/C=C/CNC(=O)C2CC2)cc2cc(OC3CCN(C)C3)ccc12)C(F)(F)F. The first-order valence-electron chi connectivity index (χ1n) is 10.7. The van der Waals surface area contributed by atoms with Crippen LogP contribution >= 0.6 is 0 Å². The number of likely N-dealkylation sites (N-methyl/N-ethyl adjacent to an activating group) is 1. The molecule has 8 heteroatoms. The Labute approximate surface area is 184 Å². The molecule has 1 amide bonds. The maximum absolute atomic E-state index is 13.4. The monoisotopic (exact) mass is 445 g/mol. The molecule has 5 nitrogen and oxygen atoms in total. The number of carbonyl (C=O) groups excluding carboxylic acids is 1. The third kappa shape index (κ3) is 5.30. The van der Waals surface area contributed by atoms with Gasteiger partial charge in [0.25, 0.3) is 0 Å². The van der Waals surface area contributed by atoms with E-state index < -0.39 is 11.7 Å². The Balaban J connectivity index is 1.61. The molecule has 0 bridgehead atoms. The van der Waals surface area contributed by atoms with Gasteiger partial charge in [-0.3, -0.25) is 4.79 Å². The molecule has 0 radical (unpaired) electrons. The maximum Gasteiger partial charge on any atom is 0.417 e. The molecule has 2 fully saturated rings. The number of nitrogens with one attached hydrogen (secondary N) is 1. The molecular weight excluding hydrogens is 419 g/mol. The topological polar surface area (TPSA) is 54.5 Å². The van der Waals surface area contributed by atoms with E-state index in [1.807, 2.05) is 7.05 Å². The Kier molecular flexibility index (Phi) is 6.24. The molecule has 1 unspecified atom stereocenters. The molecule has 1 saturated carbocycles. The standard InChI is InChI=1S/C24H26F3N3O2/c1-15(24(25,26)27)22-21-8-7-19(32-20-9-11-30(2)14-20)13-17(21)12-18(29-22)4-3-10-28-23(31)16-5-6-16/h3-4,7-8,12-13,16,20H,1,5-6,9-11,14H2,2H3,(H,28,31)/b4-3+. The number of hydrogen-bond acceptors (Lipinski definition) is 4. The Morgan fingerprint density at radius 2 is 2.09 bits per heavy atom. The number of fused-ring (bicyclic) bond motifs is 1. The van der Waals surface area contributed by atoms with E-state index >= 15 is 0 Å². The first-order valence-corrected chi connectivity index (χ1v) is 10.7. The Bertz CT molecular complexity index is 1060. The van der Waals surface area contributed by atoms with Gasteiger partial charge in [-0.05, 0) is 62.0 Å². The number of amides is 1. The molecule has 2 aromatic rings. The third-order valence-electron chi connectivity index (χ3n) is 5.73. The molecule has 1 atom stereocenters. The van der Waals surface area contributed by atoms with Gasteiger partial charge in [-0.1, -0.05) is 12.7 Å². The highest BCUT2D eigenvalue weighted by Crippen LogP contribution is 2.36. The number of aromatic nitrogens is 1. The number of rotatable bonds is 7. The van der Waals surface area contributed by atoms with E-state index in [0.717, 1.165) is 32.4 Å². The zero-order chi connectivity index (χ0) is 22.9. The maximum atomic E-state index is 13.4. The van der Waals surface area contributed by atoms with Crippen LogP contribution in [0.1, 0.15) is 30.7 Å². The van der Waals surface area contributed by atoms with Crippen LogP contribution in [0.5, 0.6) is 5.75 Å². The number of ether oxygens (including phenoxy) is 1. The number of nitrogens with zero attached hydrogens (tertiary/aromatic N) is 2. The molecule has 0 spiro atoms. The van der Waals surface area contributed by atoms with Gasteiger partial charge in [0.1, 0.15) is 11.9 Å². The highest BCUT2D eigenvalue weighted by molar-refractivity contribution is 5.94. The number of alkyl halides is 3. The van der Waals surface area contributed by atoms with Gasteiger partial charge in [0.15, 0.2) is 0 Å². The lowest BCUT2D eigenvalue weighted by atomic mass is 10.0. The molecular formula is C24H26F3N3O2. The number of allylic oxidation sites excluding steroid dienone is 1. The van der Waals surface area contributed by atoms with Gasteiger partial charge in [-0.25, -0.2) is 4.98 Å². The van der Waals surface area contributed by atoms with Gasteiger partial charge in [-0.15, -0.1) is 0 Å². The second-order valence-corrected chi connectivity index (χ2v) is 8.47. The summed E-state index contributed by atoms with van der Waals surface area (Å²) in [6.45, 7) is 5.30. The minimum atomic E-state index is -4.59. The van der Waals surface area contributed by atoms with Gasteiger partial charge in [0.05, 0.1) is 17.0 Å². The smallest absolute Gasteiger partial charge is 0.417 e. The molecule has 2 aliphatic rings. The van der Waals surface area contributed by atoms with Crippen LogP contribution in [0.4, 0.5) is 13.2 Å². The summed E-state index contributed by atoms with van der Waals surface area (Å²) in [5, 5.41) is 3.74. The lowest BCUT2D eigenvalue weighted by Crippen LogP contribution is -2.24. The van der Waals surface area contributed by atoms with Crippen molar-refractivity contribution in [2.45, 2.75) is 31.5 Å². The highest BCUT2D eigenvalue weighted by Gasteiger charge is 2.35. The lowest BCUT2D eigenvalue weighted by molar-refractivity contribution is -0.122. The predicted octanol–water partition coefficient (Wildman–Crippen LogP) is 4.43. The summed E-state index contributed by atoms with van der Waals surface area (Å²) in [5.41, 5.74) is -0.842. The van der Waals surface area contributed by atoms with Crippen molar-refractivity contribution in [3.63, 3.8) is 0 Å². The first kappa shape index (κ1) is 22.3. The van der Waals surface area contributed by atoms with Crippen molar-refractivity contribution in [1.82, 2.24) is 15.2 Å². The number of carbonyl (C=O) groups is 1. The van der Waals surface area contributed by atoms with Crippen molar-refractivity contribution in [2.75, 3.05) is 26.7 Å². The molecule has 4 rings (SSSR count). The molecule has 1 aliphatic carbocycles. The fourth-order valence-electron chi connectivity index (χ4n) is 3.79. The molecule has 1 N–H and O–H groups in total. The summed E-state index contributed by atoms with van der Waals surface area (Å²) in [7, 11) is 2.02. The second kappa shape index (κ2) is 8.94. The van der Waals surface area contributed by atoms with Crippen LogP contribution in [0.2, 0.25) is 0 Å². The number of likely N-dealkylation sites (tertiary alicyclic amines) is 1. The van der Waals surface area contributed by atoms with Crippen molar-refractivity contribution < 1.29 is 22.7 Å². The van der Waals surface area contributed by atoms with E-state index in [-0.39, 0.29) is 23.6 Å². The van der Waals surface area contributed by atoms with Gasteiger partial charge in [-0.2, -0.15) is 13.2 Å². The van der Waals surface area contributed by atoms with Crippen LogP contribution in [0, 0.1) is 5.92 Å². The molecule has 1 aromatic carbocycles. The van der Waals surface area contributed by atoms with Crippen LogP contribution in [0.25, 0.3) is 22.4 Å². The Morgan fingerprint density at radius 1 is 1.31 bits per heavy atom. The summed E-state index contributed by atoms with van der Waals surface area (Å²) in [6.07, 6.45) is 1.48. The molecule has 1 aliphatic heterocycles. The number of hydrogen-bond donors (Lipinski definition) is 1. The third-order valence-corrected chi connectivity index (χ3v) is 5.73. The second-order valence-electron chi connectivity index (χ2n) is 8.47. The average molecular weight is 445 g/mol. The van der Waals surface area contributed by atoms with Crippen molar-refractivity contribution in [3.8, 4) is 5.75 Å². The summed E-state index contributed by atoms with van der Waals surface area (Å²) >= 11 is 0. The fourth-order valence-corrected chi connectivity index (χ4v) is 3.79. The number of halogens is 3. The van der Waals surface area contributed by atoms with Crippen LogP contribution in [-0.2, 0) is 4.79 Å². The molecule has 32 heavy (non-hydrogen) atoms. The van der Waals surface area contributed by atoms with E-state index in [1.165, 1.54) is 0 Å². The summed E-state index contributed by atoms with van der Waals surface area (Å²) < 4.78 is 46.3. The first-order chi connectivity index (χ1) is 15.2. The summed E-state index contributed by atoms with van der Waals surface area (Å²) in [5.74, 6) is 0.716. The van der Waals surface area contributed by atoms with E-state index in [2.05, 4.69) is 21.8 Å². The van der Waals surface area contributed by atoms with Gasteiger partial charge < -0.3 is 15.0 Å². The van der Waals surface area contributed by atoms with Crippen LogP contribution < -0.4 is 10.1 Å². The van der Waals surface area contributed by atoms with Gasteiger partial charge >= 0.3 is 6.18 Å². The molecule has 1 aromatic heterocycles. The largest absolute Gasteiger partial charge is 0.489 e. The minimum absolute atomic E-state index is 0.00612. The van der Waals surface area contributed by atoms with Crippen LogP contribution in [0.3, 0.4) is 0 Å². The zero-order valence-corrected chi connectivity index (χ0v) is 17.9. The highest BCUT2D eigenvalue weighted by atomic mass is 19.4. The van der Waals surface area contributed by atoms with E-state index in [9.17, 15) is 18.0 Å². The van der Waals surface area contributed by atoms with E-state index in [0.29, 0.717) is 28.8 Å². The van der Waals surface area contributed by atoms with Crippen LogP contribution in [0.15, 0.2) is 36.9 Å². The molecule has 2 heterocycles. The predicted molar refractivity (Wildman–Crippen MR) is 118 cm³/mol. The Morgan fingerprint density at radius 3 is 2.75 bits per heavy atom. The summed E-state index contributed by atoms with van der Waals surface area (Å²) in [6, 6.07) is 6.74. The number of benzene rings is 1. The summed E-state index contributed by atoms with van der Waals surface area (Å²) in [4.78, 5) is 18.1. The van der Waals surface area contributed by atoms with Crippen molar-refractivity contribution >= 4 is 28.3 Å². The van der Waals surface area contributed by atoms with Gasteiger partial charge in [0.2, 0.25) is 5.91 Å². The Hall–Kier alpha value is -2.87. The quantitative estimate of drug-likeness (QED) is 0.685. The number of pyridine rings is 1. The van der Waals surface area contributed by atoms with Crippen molar-refractivity contribution in [1.29, 1.82) is 0 Å². The van der Waals surface area contributed by atoms with E-state index in [1.54, 1.807) is 36.4 Å². The van der Waals surface area contributed by atoms with Crippen molar-refractivity contribution in [2.24, 2.45) is 5.92 Å². The normalized spacial score (nSPS) is 19.6. The molecule has 170 valence electrons. The van der Waals surface area contributed by atoms with Gasteiger partial charge in [0, 0.05) is 30.9 Å². The minimum Gasteiger partial charge on any atom is -0.489 e.